The summed E-state index contributed by atoms with van der Waals surface area (Å²) >= 11 is 0.914. The second-order valence-electron chi connectivity index (χ2n) is 2.54. The van der Waals surface area contributed by atoms with Gasteiger partial charge < -0.3 is 5.26 Å². The fourth-order valence-electron chi connectivity index (χ4n) is 1.03. The number of benzene rings is 1. The molecule has 0 aliphatic heterocycles. The van der Waals surface area contributed by atoms with E-state index in [9.17, 15) is 5.26 Å². The van der Waals surface area contributed by atoms with E-state index in [1.165, 1.54) is 0 Å². The Morgan fingerprint density at radius 3 is 2.15 bits per heavy atom. The average molecular weight is 208 g/mol. The first-order valence-corrected chi connectivity index (χ1v) is 4.18. The molecule has 0 fully saturated rings. The molecule has 0 atom stereocenters. The van der Waals surface area contributed by atoms with Gasteiger partial charge in [0.1, 0.15) is 0 Å². The zero-order chi connectivity index (χ0) is 8.97. The van der Waals surface area contributed by atoms with Gasteiger partial charge in [0.15, 0.2) is 0 Å². The minimum atomic E-state index is 0. The van der Waals surface area contributed by atoms with E-state index in [0.29, 0.717) is 0 Å². The van der Waals surface area contributed by atoms with Crippen molar-refractivity contribution in [3.63, 3.8) is 0 Å². The predicted molar refractivity (Wildman–Crippen MR) is 43.9 cm³/mol. The largest absolute Gasteiger partial charge is 1.00 e. The SMILES string of the molecule is Cc1cc(C)cc(SOO[O-])c1.[Na+]. The van der Waals surface area contributed by atoms with Gasteiger partial charge in [-0.05, 0) is 37.1 Å². The van der Waals surface area contributed by atoms with Gasteiger partial charge in [-0.25, -0.2) is 0 Å². The molecule has 1 rings (SSSR count). The van der Waals surface area contributed by atoms with Crippen LogP contribution in [0, 0.1) is 13.8 Å². The minimum absolute atomic E-state index is 0. The summed E-state index contributed by atoms with van der Waals surface area (Å²) in [7, 11) is 0. The fraction of sp³-hybridized carbons (Fsp3) is 0.250. The van der Waals surface area contributed by atoms with Crippen LogP contribution in [0.4, 0.5) is 0 Å². The van der Waals surface area contributed by atoms with E-state index in [4.69, 9.17) is 0 Å². The molecule has 0 saturated heterocycles. The van der Waals surface area contributed by atoms with Crippen LogP contribution in [0.1, 0.15) is 11.1 Å². The van der Waals surface area contributed by atoms with Crippen molar-refractivity contribution in [3.05, 3.63) is 29.3 Å². The van der Waals surface area contributed by atoms with Crippen LogP contribution in [0.3, 0.4) is 0 Å². The molecule has 0 aliphatic rings. The quantitative estimate of drug-likeness (QED) is 0.263. The number of rotatable bonds is 3. The fourth-order valence-corrected chi connectivity index (χ4v) is 1.61. The Hall–Kier alpha value is 0.450. The van der Waals surface area contributed by atoms with Gasteiger partial charge in [-0.15, -0.1) is 0 Å². The van der Waals surface area contributed by atoms with Crippen molar-refractivity contribution in [2.45, 2.75) is 18.7 Å². The predicted octanol–water partition coefficient (Wildman–Crippen LogP) is -1.46. The molecule has 0 spiro atoms. The minimum Gasteiger partial charge on any atom is -0.691 e. The smallest absolute Gasteiger partial charge is 0.691 e. The molecule has 5 heteroatoms. The van der Waals surface area contributed by atoms with Crippen molar-refractivity contribution in [2.75, 3.05) is 0 Å². The second kappa shape index (κ2) is 6.84. The summed E-state index contributed by atoms with van der Waals surface area (Å²) in [6, 6.07) is 5.87. The van der Waals surface area contributed by atoms with Crippen LogP contribution in [0.5, 0.6) is 0 Å². The van der Waals surface area contributed by atoms with Gasteiger partial charge in [-0.3, -0.25) is 5.04 Å². The standard InChI is InChI=1S/C8H10O3S.Na/c1-6-3-7(2)5-8(4-6)12-11-10-9;/h3-5,9H,1-2H3;/q;+1/p-1. The van der Waals surface area contributed by atoms with E-state index >= 15 is 0 Å². The van der Waals surface area contributed by atoms with Crippen molar-refractivity contribution < 1.29 is 44.2 Å². The molecule has 0 amide bonds. The molecular weight excluding hydrogens is 199 g/mol. The zero-order valence-electron chi connectivity index (χ0n) is 7.87. The molecule has 0 saturated carbocycles. The Kier molecular flexibility index (Phi) is 7.07. The third-order valence-electron chi connectivity index (χ3n) is 1.35. The van der Waals surface area contributed by atoms with E-state index in [2.05, 4.69) is 9.37 Å². The summed E-state index contributed by atoms with van der Waals surface area (Å²) in [6.45, 7) is 3.96. The third kappa shape index (κ3) is 5.02. The molecule has 1 aromatic rings. The maximum atomic E-state index is 9.53. The van der Waals surface area contributed by atoms with E-state index in [-0.39, 0.29) is 29.6 Å². The molecular formula is C8H9NaO3S. The normalized spacial score (nSPS) is 9.46. The molecule has 0 heterocycles. The van der Waals surface area contributed by atoms with E-state index in [1.807, 2.05) is 32.0 Å². The maximum absolute atomic E-state index is 9.53. The third-order valence-corrected chi connectivity index (χ3v) is 1.90. The van der Waals surface area contributed by atoms with E-state index in [1.54, 1.807) is 0 Å². The molecule has 0 aromatic heterocycles. The molecule has 0 aliphatic carbocycles. The Morgan fingerprint density at radius 2 is 1.69 bits per heavy atom. The summed E-state index contributed by atoms with van der Waals surface area (Å²) in [6.07, 6.45) is 0. The van der Waals surface area contributed by atoms with Crippen molar-refractivity contribution in [3.8, 4) is 0 Å². The Morgan fingerprint density at radius 1 is 1.15 bits per heavy atom. The Bertz CT molecular complexity index is 247. The van der Waals surface area contributed by atoms with Gasteiger partial charge in [-0.2, -0.15) is 4.33 Å². The van der Waals surface area contributed by atoms with Gasteiger partial charge >= 0.3 is 29.6 Å². The first-order chi connectivity index (χ1) is 5.72. The van der Waals surface area contributed by atoms with E-state index < -0.39 is 0 Å². The van der Waals surface area contributed by atoms with Crippen LogP contribution in [0.2, 0.25) is 0 Å². The second-order valence-corrected chi connectivity index (χ2v) is 3.32. The maximum Gasteiger partial charge on any atom is 1.00 e. The molecule has 0 unspecified atom stereocenters. The van der Waals surface area contributed by atoms with Crippen molar-refractivity contribution in [2.24, 2.45) is 0 Å². The number of hydrogen-bond donors (Lipinski definition) is 0. The van der Waals surface area contributed by atoms with E-state index in [0.717, 1.165) is 28.1 Å². The first-order valence-electron chi connectivity index (χ1n) is 3.44. The van der Waals surface area contributed by atoms with Gasteiger partial charge in [0.05, 0.1) is 12.0 Å². The summed E-state index contributed by atoms with van der Waals surface area (Å²) in [5.74, 6) is 0. The van der Waals surface area contributed by atoms with Crippen molar-refractivity contribution in [1.29, 1.82) is 0 Å². The van der Waals surface area contributed by atoms with Crippen molar-refractivity contribution >= 4 is 12.0 Å². The molecule has 1 aromatic carbocycles. The molecule has 0 bridgehead atoms. The van der Waals surface area contributed by atoms with Gasteiger partial charge in [0.25, 0.3) is 0 Å². The van der Waals surface area contributed by atoms with Gasteiger partial charge in [0.2, 0.25) is 0 Å². The first kappa shape index (κ1) is 13.4. The van der Waals surface area contributed by atoms with Crippen LogP contribution in [-0.2, 0) is 9.37 Å². The number of aryl methyl sites for hydroxylation is 2. The van der Waals surface area contributed by atoms with Gasteiger partial charge in [-0.1, -0.05) is 6.07 Å². The Labute approximate surface area is 104 Å². The number of hydrogen-bond acceptors (Lipinski definition) is 4. The topological polar surface area (TPSA) is 41.5 Å². The van der Waals surface area contributed by atoms with Crippen molar-refractivity contribution in [1.82, 2.24) is 0 Å². The molecule has 66 valence electrons. The van der Waals surface area contributed by atoms with Gasteiger partial charge in [0, 0.05) is 4.90 Å². The van der Waals surface area contributed by atoms with Crippen LogP contribution in [0.25, 0.3) is 0 Å². The molecule has 13 heavy (non-hydrogen) atoms. The monoisotopic (exact) mass is 208 g/mol. The van der Waals surface area contributed by atoms with Crippen LogP contribution >= 0.6 is 12.0 Å². The molecule has 3 nitrogen and oxygen atoms in total. The average Bonchev–Trinajstić information content (AvgIpc) is 1.99. The zero-order valence-corrected chi connectivity index (χ0v) is 10.7. The van der Waals surface area contributed by atoms with Crippen LogP contribution in [0.15, 0.2) is 23.1 Å². The molecule has 0 radical (unpaired) electrons. The van der Waals surface area contributed by atoms with Crippen LogP contribution < -0.4 is 34.8 Å². The van der Waals surface area contributed by atoms with Crippen LogP contribution in [-0.4, -0.2) is 0 Å². The summed E-state index contributed by atoms with van der Waals surface area (Å²) in [4.78, 5) is 0.864. The molecule has 0 N–H and O–H groups in total. The summed E-state index contributed by atoms with van der Waals surface area (Å²) < 4.78 is 4.19. The summed E-state index contributed by atoms with van der Waals surface area (Å²) in [5.41, 5.74) is 2.26. The summed E-state index contributed by atoms with van der Waals surface area (Å²) in [5, 5.41) is 12.8. The Balaban J connectivity index is 0.00000144.